The third-order valence-corrected chi connectivity index (χ3v) is 1.69. The molecule has 0 amide bonds. The van der Waals surface area contributed by atoms with Gasteiger partial charge in [0.05, 0.1) is 10.5 Å². The highest BCUT2D eigenvalue weighted by Gasteiger charge is 2.24. The first-order valence-corrected chi connectivity index (χ1v) is 3.80. The van der Waals surface area contributed by atoms with Gasteiger partial charge in [-0.25, -0.2) is 0 Å². The van der Waals surface area contributed by atoms with Crippen LogP contribution in [0.2, 0.25) is 0 Å². The highest BCUT2D eigenvalue weighted by Crippen LogP contribution is 2.25. The van der Waals surface area contributed by atoms with E-state index in [0.29, 0.717) is 5.56 Å². The van der Waals surface area contributed by atoms with Crippen LogP contribution < -0.4 is 5.73 Å². The highest BCUT2D eigenvalue weighted by molar-refractivity contribution is 5.41. The van der Waals surface area contributed by atoms with Crippen LogP contribution in [0.3, 0.4) is 0 Å². The summed E-state index contributed by atoms with van der Waals surface area (Å²) in [7, 11) is 0. The fraction of sp³-hybridized carbons (Fsp3) is 0.375. The van der Waals surface area contributed by atoms with E-state index in [1.54, 1.807) is 19.9 Å². The monoisotopic (exact) mass is 181 g/mol. The largest absolute Gasteiger partial charge is 0.322 e. The lowest BCUT2D eigenvalue weighted by molar-refractivity contribution is -0.386. The molecule has 5 heteroatoms. The van der Waals surface area contributed by atoms with Gasteiger partial charge in [-0.3, -0.25) is 15.1 Å². The van der Waals surface area contributed by atoms with Crippen molar-refractivity contribution in [2.24, 2.45) is 5.73 Å². The van der Waals surface area contributed by atoms with Crippen molar-refractivity contribution in [1.82, 2.24) is 4.98 Å². The number of nitro groups is 1. The Balaban J connectivity index is 3.28. The molecule has 1 heterocycles. The average molecular weight is 181 g/mol. The maximum atomic E-state index is 10.6. The molecule has 0 fully saturated rings. The molecule has 0 aliphatic heterocycles. The van der Waals surface area contributed by atoms with Gasteiger partial charge in [0.2, 0.25) is 0 Å². The molecule has 0 aliphatic carbocycles. The zero-order valence-electron chi connectivity index (χ0n) is 7.52. The maximum Gasteiger partial charge on any atom is 0.292 e. The standard InChI is InChI=1S/C8H11N3O2/c1-8(2,9)6-3-4-10-5-7(6)11(12)13/h3-5H,9H2,1-2H3. The normalized spacial score (nSPS) is 11.3. The number of hydrogen-bond donors (Lipinski definition) is 1. The van der Waals surface area contributed by atoms with Crippen LogP contribution in [-0.4, -0.2) is 9.91 Å². The van der Waals surface area contributed by atoms with E-state index in [4.69, 9.17) is 5.73 Å². The SMILES string of the molecule is CC(C)(N)c1ccncc1[N+](=O)[O-]. The topological polar surface area (TPSA) is 82.0 Å². The molecule has 0 aliphatic rings. The molecule has 70 valence electrons. The van der Waals surface area contributed by atoms with Crippen LogP contribution in [0.15, 0.2) is 18.5 Å². The number of aromatic nitrogens is 1. The molecule has 0 bridgehead atoms. The summed E-state index contributed by atoms with van der Waals surface area (Å²) in [4.78, 5) is 13.8. The van der Waals surface area contributed by atoms with Crippen LogP contribution in [0.5, 0.6) is 0 Å². The Morgan fingerprint density at radius 1 is 1.62 bits per heavy atom. The summed E-state index contributed by atoms with van der Waals surface area (Å²) >= 11 is 0. The molecule has 5 nitrogen and oxygen atoms in total. The van der Waals surface area contributed by atoms with Crippen molar-refractivity contribution in [2.45, 2.75) is 19.4 Å². The second kappa shape index (κ2) is 3.10. The molecule has 0 saturated carbocycles. The minimum absolute atomic E-state index is 0.0324. The van der Waals surface area contributed by atoms with E-state index in [1.165, 1.54) is 12.4 Å². The molecule has 1 aromatic rings. The van der Waals surface area contributed by atoms with E-state index in [-0.39, 0.29) is 5.69 Å². The molecule has 2 N–H and O–H groups in total. The minimum atomic E-state index is -0.717. The van der Waals surface area contributed by atoms with Gasteiger partial charge in [0, 0.05) is 11.7 Å². The molecule has 0 aromatic carbocycles. The first-order chi connectivity index (χ1) is 5.93. The summed E-state index contributed by atoms with van der Waals surface area (Å²) in [6, 6.07) is 1.57. The van der Waals surface area contributed by atoms with E-state index in [1.807, 2.05) is 0 Å². The van der Waals surface area contributed by atoms with Crippen molar-refractivity contribution < 1.29 is 4.92 Å². The van der Waals surface area contributed by atoms with Crippen LogP contribution >= 0.6 is 0 Å². The molecule has 0 radical (unpaired) electrons. The lowest BCUT2D eigenvalue weighted by Crippen LogP contribution is -2.29. The Labute approximate surface area is 75.7 Å². The molecule has 0 saturated heterocycles. The second-order valence-corrected chi connectivity index (χ2v) is 3.37. The molecule has 1 rings (SSSR count). The lowest BCUT2D eigenvalue weighted by Gasteiger charge is -2.17. The summed E-state index contributed by atoms with van der Waals surface area (Å²) in [5, 5.41) is 10.6. The predicted molar refractivity (Wildman–Crippen MR) is 48.1 cm³/mol. The molecule has 0 atom stereocenters. The van der Waals surface area contributed by atoms with Crippen LogP contribution in [0.4, 0.5) is 5.69 Å². The fourth-order valence-corrected chi connectivity index (χ4v) is 1.08. The Morgan fingerprint density at radius 2 is 2.23 bits per heavy atom. The van der Waals surface area contributed by atoms with Gasteiger partial charge in [-0.1, -0.05) is 0 Å². The van der Waals surface area contributed by atoms with Crippen molar-refractivity contribution in [3.8, 4) is 0 Å². The Hall–Kier alpha value is -1.49. The summed E-state index contributed by atoms with van der Waals surface area (Å²) < 4.78 is 0. The molecular weight excluding hydrogens is 170 g/mol. The first kappa shape index (κ1) is 9.60. The molecule has 0 spiro atoms. The average Bonchev–Trinajstić information content (AvgIpc) is 2.03. The highest BCUT2D eigenvalue weighted by atomic mass is 16.6. The van der Waals surface area contributed by atoms with Crippen molar-refractivity contribution >= 4 is 5.69 Å². The minimum Gasteiger partial charge on any atom is -0.322 e. The molecule has 1 aromatic heterocycles. The number of pyridine rings is 1. The zero-order valence-corrected chi connectivity index (χ0v) is 7.52. The third-order valence-electron chi connectivity index (χ3n) is 1.69. The Morgan fingerprint density at radius 3 is 2.62 bits per heavy atom. The van der Waals surface area contributed by atoms with E-state index in [9.17, 15) is 10.1 Å². The van der Waals surface area contributed by atoms with Gasteiger partial charge in [-0.15, -0.1) is 0 Å². The van der Waals surface area contributed by atoms with E-state index >= 15 is 0 Å². The van der Waals surface area contributed by atoms with E-state index in [2.05, 4.69) is 4.98 Å². The first-order valence-electron chi connectivity index (χ1n) is 3.80. The van der Waals surface area contributed by atoms with Gasteiger partial charge >= 0.3 is 0 Å². The summed E-state index contributed by atoms with van der Waals surface area (Å²) in [6.45, 7) is 3.44. The van der Waals surface area contributed by atoms with Gasteiger partial charge < -0.3 is 5.73 Å². The number of rotatable bonds is 2. The van der Waals surface area contributed by atoms with E-state index < -0.39 is 10.5 Å². The van der Waals surface area contributed by atoms with E-state index in [0.717, 1.165) is 0 Å². The summed E-state index contributed by atoms with van der Waals surface area (Å²) in [6.07, 6.45) is 2.71. The summed E-state index contributed by atoms with van der Waals surface area (Å²) in [5.41, 5.74) is 5.51. The maximum absolute atomic E-state index is 10.6. The molecule has 0 unspecified atom stereocenters. The van der Waals surface area contributed by atoms with Crippen molar-refractivity contribution in [3.05, 3.63) is 34.1 Å². The van der Waals surface area contributed by atoms with Crippen molar-refractivity contribution in [1.29, 1.82) is 0 Å². The van der Waals surface area contributed by atoms with Crippen LogP contribution in [0.25, 0.3) is 0 Å². The van der Waals surface area contributed by atoms with Crippen molar-refractivity contribution in [3.63, 3.8) is 0 Å². The smallest absolute Gasteiger partial charge is 0.292 e. The third kappa shape index (κ3) is 2.00. The van der Waals surface area contributed by atoms with Gasteiger partial charge in [-0.05, 0) is 19.9 Å². The van der Waals surface area contributed by atoms with Crippen molar-refractivity contribution in [2.75, 3.05) is 0 Å². The van der Waals surface area contributed by atoms with Gasteiger partial charge in [0.1, 0.15) is 6.20 Å². The number of nitrogens with two attached hydrogens (primary N) is 1. The lowest BCUT2D eigenvalue weighted by atomic mass is 9.95. The summed E-state index contributed by atoms with van der Waals surface area (Å²) in [5.74, 6) is 0. The fourth-order valence-electron chi connectivity index (χ4n) is 1.08. The zero-order chi connectivity index (χ0) is 10.1. The van der Waals surface area contributed by atoms with Gasteiger partial charge in [0.15, 0.2) is 0 Å². The van der Waals surface area contributed by atoms with Crippen LogP contribution in [-0.2, 0) is 5.54 Å². The Bertz CT molecular complexity index is 330. The quantitative estimate of drug-likeness (QED) is 0.548. The van der Waals surface area contributed by atoms with Crippen LogP contribution in [0.1, 0.15) is 19.4 Å². The Kier molecular flexibility index (Phi) is 2.29. The molecule has 13 heavy (non-hydrogen) atoms. The number of nitrogens with zero attached hydrogens (tertiary/aromatic N) is 2. The second-order valence-electron chi connectivity index (χ2n) is 3.37. The predicted octanol–water partition coefficient (Wildman–Crippen LogP) is 1.18. The van der Waals surface area contributed by atoms with Gasteiger partial charge in [0.25, 0.3) is 5.69 Å². The van der Waals surface area contributed by atoms with Crippen LogP contribution in [0, 0.1) is 10.1 Å². The number of hydrogen-bond acceptors (Lipinski definition) is 4. The molecular formula is C8H11N3O2. The van der Waals surface area contributed by atoms with Gasteiger partial charge in [-0.2, -0.15) is 0 Å².